The first-order valence-corrected chi connectivity index (χ1v) is 11.5. The van der Waals surface area contributed by atoms with Gasteiger partial charge in [-0.25, -0.2) is 9.78 Å². The van der Waals surface area contributed by atoms with Gasteiger partial charge in [-0.3, -0.25) is 14.5 Å². The maximum Gasteiger partial charge on any atom is 0.414 e. The van der Waals surface area contributed by atoms with Crippen LogP contribution in [0.15, 0.2) is 60.4 Å². The molecule has 1 aliphatic carbocycles. The number of rotatable bonds is 6. The molecule has 4 rings (SSSR count). The van der Waals surface area contributed by atoms with Gasteiger partial charge in [0.25, 0.3) is 0 Å². The van der Waals surface area contributed by atoms with Crippen molar-refractivity contribution in [3.8, 4) is 5.75 Å². The summed E-state index contributed by atoms with van der Waals surface area (Å²) in [6.07, 6.45) is 4.49. The fraction of sp³-hybridized carbons (Fsp3) is 0.385. The molecule has 1 amide bonds. The number of ketones is 1. The number of hydrogen-bond donors (Lipinski definition) is 1. The number of fused-ring (bicyclic) bond motifs is 1. The van der Waals surface area contributed by atoms with Crippen molar-refractivity contribution in [3.05, 3.63) is 71.7 Å². The smallest absolute Gasteiger partial charge is 0.414 e. The van der Waals surface area contributed by atoms with Crippen LogP contribution in [0.2, 0.25) is 0 Å². The second-order valence-corrected chi connectivity index (χ2v) is 8.45. The van der Waals surface area contributed by atoms with Gasteiger partial charge in [-0.05, 0) is 50.3 Å². The number of carbonyl (C=O) groups is 3. The number of hydrogen-bond acceptors (Lipinski definition) is 7. The Labute approximate surface area is 198 Å². The molecule has 1 aromatic carbocycles. The Bertz CT molecular complexity index is 1100. The Kier molecular flexibility index (Phi) is 6.95. The van der Waals surface area contributed by atoms with Gasteiger partial charge in [-0.1, -0.05) is 36.4 Å². The molecule has 2 atom stereocenters. The number of pyridine rings is 1. The number of benzene rings is 1. The van der Waals surface area contributed by atoms with E-state index in [-0.39, 0.29) is 31.1 Å². The Hall–Kier alpha value is -3.68. The number of ether oxygens (including phenoxy) is 2. The SMILES string of the molecule is CCOC(=O)[C@@]1(C(=O)c2ncccc2O)CCC=C2[C@@H]1CCCN2C(=O)OCc1ccccc1. The van der Waals surface area contributed by atoms with E-state index < -0.39 is 29.2 Å². The summed E-state index contributed by atoms with van der Waals surface area (Å²) in [6.45, 7) is 2.34. The predicted molar refractivity (Wildman–Crippen MR) is 123 cm³/mol. The van der Waals surface area contributed by atoms with Crippen LogP contribution in [-0.4, -0.2) is 46.0 Å². The average Bonchev–Trinajstić information content (AvgIpc) is 2.87. The fourth-order valence-electron chi connectivity index (χ4n) is 4.94. The van der Waals surface area contributed by atoms with E-state index in [2.05, 4.69) is 4.98 Å². The van der Waals surface area contributed by atoms with Crippen LogP contribution in [0.4, 0.5) is 4.79 Å². The van der Waals surface area contributed by atoms with Crippen molar-refractivity contribution in [1.29, 1.82) is 0 Å². The lowest BCUT2D eigenvalue weighted by atomic mass is 9.61. The number of aromatic hydroxyl groups is 1. The van der Waals surface area contributed by atoms with Gasteiger partial charge in [0.05, 0.1) is 6.61 Å². The van der Waals surface area contributed by atoms with Gasteiger partial charge in [0.15, 0.2) is 0 Å². The van der Waals surface area contributed by atoms with Crippen molar-refractivity contribution in [2.45, 2.75) is 39.2 Å². The van der Waals surface area contributed by atoms with Crippen molar-refractivity contribution in [1.82, 2.24) is 9.88 Å². The van der Waals surface area contributed by atoms with Crippen molar-refractivity contribution in [3.63, 3.8) is 0 Å². The molecule has 0 bridgehead atoms. The topological polar surface area (TPSA) is 106 Å². The summed E-state index contributed by atoms with van der Waals surface area (Å²) in [5.74, 6) is -2.12. The van der Waals surface area contributed by atoms with Gasteiger partial charge in [0.1, 0.15) is 23.5 Å². The first-order chi connectivity index (χ1) is 16.5. The first kappa shape index (κ1) is 23.5. The summed E-state index contributed by atoms with van der Waals surface area (Å²) < 4.78 is 10.9. The molecule has 2 aliphatic rings. The molecule has 2 heterocycles. The highest BCUT2D eigenvalue weighted by Crippen LogP contribution is 2.50. The van der Waals surface area contributed by atoms with Crippen LogP contribution >= 0.6 is 0 Å². The van der Waals surface area contributed by atoms with E-state index in [1.54, 1.807) is 6.92 Å². The lowest BCUT2D eigenvalue weighted by Crippen LogP contribution is -2.54. The highest BCUT2D eigenvalue weighted by molar-refractivity contribution is 6.13. The number of piperidine rings is 1. The van der Waals surface area contributed by atoms with E-state index in [0.29, 0.717) is 31.5 Å². The molecule has 0 unspecified atom stereocenters. The highest BCUT2D eigenvalue weighted by Gasteiger charge is 2.58. The lowest BCUT2D eigenvalue weighted by Gasteiger charge is -2.46. The third-order valence-electron chi connectivity index (χ3n) is 6.50. The van der Waals surface area contributed by atoms with E-state index in [0.717, 1.165) is 5.56 Å². The maximum atomic E-state index is 13.8. The summed E-state index contributed by atoms with van der Waals surface area (Å²) in [5, 5.41) is 10.3. The molecule has 0 spiro atoms. The van der Waals surface area contributed by atoms with Crippen molar-refractivity contribution < 1.29 is 29.0 Å². The van der Waals surface area contributed by atoms with Crippen LogP contribution in [0.25, 0.3) is 0 Å². The molecule has 178 valence electrons. The fourth-order valence-corrected chi connectivity index (χ4v) is 4.94. The molecule has 1 aromatic heterocycles. The van der Waals surface area contributed by atoms with Gasteiger partial charge < -0.3 is 14.6 Å². The average molecular weight is 465 g/mol. The third-order valence-corrected chi connectivity index (χ3v) is 6.50. The Balaban J connectivity index is 1.66. The number of nitrogens with zero attached hydrogens (tertiary/aromatic N) is 2. The minimum Gasteiger partial charge on any atom is -0.506 e. The number of Topliss-reactive ketones (excluding diaryl/α,β-unsaturated/α-hetero) is 1. The normalized spacial score (nSPS) is 21.7. The third kappa shape index (κ3) is 4.27. The van der Waals surface area contributed by atoms with Crippen LogP contribution in [0.3, 0.4) is 0 Å². The summed E-state index contributed by atoms with van der Waals surface area (Å²) in [7, 11) is 0. The summed E-state index contributed by atoms with van der Waals surface area (Å²) in [4.78, 5) is 45.8. The maximum absolute atomic E-state index is 13.8. The molecule has 1 N–H and O–H groups in total. The quantitative estimate of drug-likeness (QED) is 0.387. The monoisotopic (exact) mass is 464 g/mol. The number of likely N-dealkylation sites (tertiary alicyclic amines) is 1. The number of carbonyl (C=O) groups excluding carboxylic acids is 3. The van der Waals surface area contributed by atoms with Crippen LogP contribution in [0.5, 0.6) is 5.75 Å². The molecule has 1 aliphatic heterocycles. The van der Waals surface area contributed by atoms with E-state index >= 15 is 0 Å². The molecule has 8 heteroatoms. The second kappa shape index (κ2) is 10.1. The second-order valence-electron chi connectivity index (χ2n) is 8.45. The summed E-state index contributed by atoms with van der Waals surface area (Å²) >= 11 is 0. The van der Waals surface area contributed by atoms with Gasteiger partial charge in [0.2, 0.25) is 5.78 Å². The zero-order valence-electron chi connectivity index (χ0n) is 19.1. The highest BCUT2D eigenvalue weighted by atomic mass is 16.6. The zero-order chi connectivity index (χ0) is 24.1. The zero-order valence-corrected chi connectivity index (χ0v) is 19.1. The van der Waals surface area contributed by atoms with Gasteiger partial charge >= 0.3 is 12.1 Å². The van der Waals surface area contributed by atoms with Crippen molar-refractivity contribution in [2.75, 3.05) is 13.2 Å². The predicted octanol–water partition coefficient (Wildman–Crippen LogP) is 4.25. The van der Waals surface area contributed by atoms with E-state index in [4.69, 9.17) is 9.47 Å². The summed E-state index contributed by atoms with van der Waals surface area (Å²) in [6, 6.07) is 12.3. The van der Waals surface area contributed by atoms with Crippen molar-refractivity contribution >= 4 is 17.8 Å². The number of amides is 1. The van der Waals surface area contributed by atoms with Crippen LogP contribution in [0, 0.1) is 11.3 Å². The van der Waals surface area contributed by atoms with Gasteiger partial charge in [-0.15, -0.1) is 0 Å². The Morgan fingerprint density at radius 1 is 1.15 bits per heavy atom. The van der Waals surface area contributed by atoms with Crippen LogP contribution < -0.4 is 0 Å². The molecular weight excluding hydrogens is 436 g/mol. The minimum absolute atomic E-state index is 0.108. The first-order valence-electron chi connectivity index (χ1n) is 11.5. The Morgan fingerprint density at radius 3 is 2.68 bits per heavy atom. The minimum atomic E-state index is -1.58. The van der Waals surface area contributed by atoms with Crippen molar-refractivity contribution in [2.24, 2.45) is 11.3 Å². The van der Waals surface area contributed by atoms with Crippen LogP contribution in [0.1, 0.15) is 48.7 Å². The van der Waals surface area contributed by atoms with E-state index in [1.165, 1.54) is 23.2 Å². The van der Waals surface area contributed by atoms with Gasteiger partial charge in [0, 0.05) is 24.4 Å². The molecule has 1 fully saturated rings. The standard InChI is InChI=1S/C26H28N2O6/c1-2-33-24(31)26(23(30)22-21(29)13-7-15-27-22)14-6-12-20-19(26)11-8-16-28(20)25(32)34-17-18-9-4-3-5-10-18/h3-5,7,9-10,12-13,15,19,29H,2,6,8,11,14,16-17H2,1H3/t19-,26-/m0/s1. The molecular formula is C26H28N2O6. The molecule has 2 aromatic rings. The molecule has 34 heavy (non-hydrogen) atoms. The van der Waals surface area contributed by atoms with Gasteiger partial charge in [-0.2, -0.15) is 0 Å². The molecule has 1 saturated heterocycles. The number of aromatic nitrogens is 1. The lowest BCUT2D eigenvalue weighted by molar-refractivity contribution is -0.156. The molecule has 8 nitrogen and oxygen atoms in total. The Morgan fingerprint density at radius 2 is 1.94 bits per heavy atom. The molecule has 0 saturated carbocycles. The van der Waals surface area contributed by atoms with E-state index in [1.807, 2.05) is 36.4 Å². The van der Waals surface area contributed by atoms with E-state index in [9.17, 15) is 19.5 Å². The number of allylic oxidation sites excluding steroid dienone is 2. The molecule has 0 radical (unpaired) electrons. The van der Waals surface area contributed by atoms with Crippen LogP contribution in [-0.2, 0) is 20.9 Å². The summed E-state index contributed by atoms with van der Waals surface area (Å²) in [5.41, 5.74) is -0.290. The largest absolute Gasteiger partial charge is 0.506 e. The number of esters is 1.